The smallest absolute Gasteiger partial charge is 0.328 e. The monoisotopic (exact) mass is 947 g/mol. The van der Waals surface area contributed by atoms with Gasteiger partial charge in [-0.15, -0.1) is 0 Å². The Kier molecular flexibility index (Phi) is 21.9. The summed E-state index contributed by atoms with van der Waals surface area (Å²) in [6.07, 6.45) is -4.36. The number of nitrogens with one attached hydrogen (secondary N) is 8. The van der Waals surface area contributed by atoms with Gasteiger partial charge < -0.3 is 79.2 Å². The molecule has 2 rings (SSSR count). The van der Waals surface area contributed by atoms with E-state index in [0.29, 0.717) is 5.56 Å². The summed E-state index contributed by atoms with van der Waals surface area (Å²) >= 11 is 0. The molecule has 17 N–H and O–H groups in total. The standard InChI is InChI=1S/C40H57N11O16/c1-17(2)31(50-36(62)22(10-20-8-6-5-7-9-20)48-38(64)30(42)18(3)52)39(65)49-25(13-28(55)56)35(61)46-24(12-27(41)54)34(60)45-23(11-21-15-43-16-44-21)33(59)47-26(14-29(57)58)37(63)51-32(19(4)53)40(66)67/h5-9,15-19,22-26,30-32,52-53H,10-14,42H2,1-4H3,(H2,41,54)(H,43,44)(H,45,60)(H,46,61)(H,47,59)(H,48,64)(H,49,65)(H,50,62)(H,51,63)(H,55,56)(H,57,58)(H,66,67). The van der Waals surface area contributed by atoms with Gasteiger partial charge in [-0.05, 0) is 25.3 Å². The molecule has 10 unspecified atom stereocenters. The van der Waals surface area contributed by atoms with E-state index in [9.17, 15) is 78.3 Å². The third-order valence-corrected chi connectivity index (χ3v) is 9.70. The van der Waals surface area contributed by atoms with Crippen LogP contribution in [0.15, 0.2) is 42.9 Å². The maximum absolute atomic E-state index is 13.8. The van der Waals surface area contributed by atoms with Crippen molar-refractivity contribution < 1.29 is 78.3 Å². The van der Waals surface area contributed by atoms with E-state index in [0.717, 1.165) is 6.92 Å². The minimum atomic E-state index is -2.01. The molecule has 368 valence electrons. The highest BCUT2D eigenvalue weighted by Crippen LogP contribution is 2.10. The molecule has 0 aliphatic rings. The summed E-state index contributed by atoms with van der Waals surface area (Å²) in [6.45, 7) is 5.27. The molecule has 0 saturated heterocycles. The van der Waals surface area contributed by atoms with E-state index in [1.165, 1.54) is 33.3 Å². The Hall–Kier alpha value is -7.52. The van der Waals surface area contributed by atoms with Gasteiger partial charge in [-0.2, -0.15) is 0 Å². The number of nitrogens with zero attached hydrogens (tertiary/aromatic N) is 1. The first-order valence-corrected chi connectivity index (χ1v) is 20.5. The van der Waals surface area contributed by atoms with E-state index in [2.05, 4.69) is 41.9 Å². The highest BCUT2D eigenvalue weighted by atomic mass is 16.4. The first-order valence-electron chi connectivity index (χ1n) is 20.5. The molecule has 0 aliphatic heterocycles. The van der Waals surface area contributed by atoms with Crippen molar-refractivity contribution in [1.82, 2.24) is 47.2 Å². The lowest BCUT2D eigenvalue weighted by atomic mass is 10.00. The molecule has 0 radical (unpaired) electrons. The van der Waals surface area contributed by atoms with Gasteiger partial charge in [0.15, 0.2) is 6.04 Å². The van der Waals surface area contributed by atoms with Gasteiger partial charge in [-0.3, -0.25) is 47.9 Å². The highest BCUT2D eigenvalue weighted by Gasteiger charge is 2.37. The zero-order chi connectivity index (χ0) is 50.7. The zero-order valence-electron chi connectivity index (χ0n) is 36.8. The summed E-state index contributed by atoms with van der Waals surface area (Å²) < 4.78 is 0. The average Bonchev–Trinajstić information content (AvgIpc) is 3.75. The molecule has 0 fully saturated rings. The number of aliphatic hydroxyl groups excluding tert-OH is 2. The van der Waals surface area contributed by atoms with Crippen molar-refractivity contribution in [2.24, 2.45) is 17.4 Å². The predicted octanol–water partition coefficient (Wildman–Crippen LogP) is -5.76. The Balaban J connectivity index is 2.41. The lowest BCUT2D eigenvalue weighted by molar-refractivity contribution is -0.146. The van der Waals surface area contributed by atoms with Crippen molar-refractivity contribution in [3.63, 3.8) is 0 Å². The van der Waals surface area contributed by atoms with Gasteiger partial charge in [0.1, 0.15) is 42.3 Å². The molecule has 27 nitrogen and oxygen atoms in total. The zero-order valence-corrected chi connectivity index (χ0v) is 36.8. The number of benzene rings is 1. The van der Waals surface area contributed by atoms with E-state index >= 15 is 0 Å². The molecule has 1 aromatic carbocycles. The molecule has 0 spiro atoms. The van der Waals surface area contributed by atoms with Crippen LogP contribution in [0.5, 0.6) is 0 Å². The number of aromatic nitrogens is 2. The number of aromatic amines is 1. The number of hydrogen-bond donors (Lipinski definition) is 15. The average molecular weight is 948 g/mol. The van der Waals surface area contributed by atoms with Crippen LogP contribution >= 0.6 is 0 Å². The summed E-state index contributed by atoms with van der Waals surface area (Å²) in [5, 5.41) is 63.6. The fraction of sp³-hybridized carbons (Fsp3) is 0.500. The van der Waals surface area contributed by atoms with Crippen molar-refractivity contribution in [2.75, 3.05) is 0 Å². The van der Waals surface area contributed by atoms with Gasteiger partial charge in [-0.1, -0.05) is 44.2 Å². The quantitative estimate of drug-likeness (QED) is 0.0378. The number of rotatable bonds is 28. The van der Waals surface area contributed by atoms with E-state index < -0.39 is 157 Å². The van der Waals surface area contributed by atoms with Gasteiger partial charge in [0.05, 0.1) is 37.8 Å². The maximum atomic E-state index is 13.8. The second-order valence-electron chi connectivity index (χ2n) is 15.7. The van der Waals surface area contributed by atoms with Crippen molar-refractivity contribution in [2.45, 2.75) is 120 Å². The predicted molar refractivity (Wildman–Crippen MR) is 228 cm³/mol. The molecule has 0 aliphatic carbocycles. The summed E-state index contributed by atoms with van der Waals surface area (Å²) in [4.78, 5) is 148. The van der Waals surface area contributed by atoms with Gasteiger partial charge >= 0.3 is 17.9 Å². The normalized spacial score (nSPS) is 15.5. The number of aliphatic carboxylic acids is 3. The van der Waals surface area contributed by atoms with Crippen molar-refractivity contribution in [3.8, 4) is 0 Å². The number of hydrogen-bond acceptors (Lipinski definition) is 15. The van der Waals surface area contributed by atoms with Gasteiger partial charge in [0.25, 0.3) is 0 Å². The van der Waals surface area contributed by atoms with Crippen LogP contribution in [0, 0.1) is 5.92 Å². The third kappa shape index (κ3) is 18.9. The molecular weight excluding hydrogens is 891 g/mol. The molecule has 1 aromatic heterocycles. The van der Waals surface area contributed by atoms with E-state index in [-0.39, 0.29) is 12.1 Å². The fourth-order valence-corrected chi connectivity index (χ4v) is 6.06. The van der Waals surface area contributed by atoms with Crippen LogP contribution in [0.25, 0.3) is 0 Å². The number of carboxylic acid groups (broad SMARTS) is 3. The molecule has 10 atom stereocenters. The molecule has 0 bridgehead atoms. The topological polar surface area (TPSA) is 454 Å². The molecule has 67 heavy (non-hydrogen) atoms. The lowest BCUT2D eigenvalue weighted by Crippen LogP contribution is -2.62. The lowest BCUT2D eigenvalue weighted by Gasteiger charge is -2.28. The Morgan fingerprint density at radius 3 is 1.45 bits per heavy atom. The highest BCUT2D eigenvalue weighted by molar-refractivity contribution is 6.00. The minimum Gasteiger partial charge on any atom is -0.481 e. The summed E-state index contributed by atoms with van der Waals surface area (Å²) in [7, 11) is 0. The number of imidazole rings is 1. The maximum Gasteiger partial charge on any atom is 0.328 e. The Bertz CT molecular complexity index is 2080. The summed E-state index contributed by atoms with van der Waals surface area (Å²) in [5.41, 5.74) is 11.9. The fourth-order valence-electron chi connectivity index (χ4n) is 6.06. The van der Waals surface area contributed by atoms with Crippen molar-refractivity contribution >= 4 is 65.2 Å². The first-order chi connectivity index (χ1) is 31.3. The number of primary amides is 1. The molecule has 2 aromatic rings. The second kappa shape index (κ2) is 26.4. The van der Waals surface area contributed by atoms with Gasteiger partial charge in [0, 0.05) is 24.7 Å². The van der Waals surface area contributed by atoms with E-state index in [1.54, 1.807) is 30.3 Å². The summed E-state index contributed by atoms with van der Waals surface area (Å²) in [6, 6.07) is -5.64. The third-order valence-electron chi connectivity index (χ3n) is 9.70. The number of nitrogens with two attached hydrogens (primary N) is 2. The number of carbonyl (C=O) groups excluding carboxylic acids is 8. The van der Waals surface area contributed by atoms with Crippen LogP contribution in [0.2, 0.25) is 0 Å². The first kappa shape index (κ1) is 55.6. The number of H-pyrrole nitrogens is 1. The number of carboxylic acids is 3. The largest absolute Gasteiger partial charge is 0.481 e. The summed E-state index contributed by atoms with van der Waals surface area (Å²) in [5.74, 6) is -15.1. The molecular formula is C40H57N11O16. The second-order valence-corrected chi connectivity index (χ2v) is 15.7. The molecule has 27 heteroatoms. The van der Waals surface area contributed by atoms with Crippen LogP contribution in [0.1, 0.15) is 58.2 Å². The number of carbonyl (C=O) groups is 11. The Morgan fingerprint density at radius 2 is 1.00 bits per heavy atom. The number of amides is 8. The molecule has 0 saturated carbocycles. The van der Waals surface area contributed by atoms with E-state index in [4.69, 9.17) is 11.5 Å². The van der Waals surface area contributed by atoms with Crippen molar-refractivity contribution in [3.05, 3.63) is 54.1 Å². The minimum absolute atomic E-state index is 0.107. The van der Waals surface area contributed by atoms with Crippen LogP contribution in [-0.4, -0.2) is 161 Å². The SMILES string of the molecule is CC(C)C(NC(=O)C(Cc1ccccc1)NC(=O)C(N)C(C)O)C(=O)NC(CC(=O)O)C(=O)NC(CC(N)=O)C(=O)NC(Cc1cnc[nH]1)C(=O)NC(CC(=O)O)C(=O)NC(C(=O)O)C(C)O. The van der Waals surface area contributed by atoms with Gasteiger partial charge in [0.2, 0.25) is 47.3 Å². The molecule has 1 heterocycles. The molecule has 8 amide bonds. The van der Waals surface area contributed by atoms with Gasteiger partial charge in [-0.25, -0.2) is 9.78 Å². The van der Waals surface area contributed by atoms with Crippen LogP contribution in [0.3, 0.4) is 0 Å². The Morgan fingerprint density at radius 1 is 0.567 bits per heavy atom. The van der Waals surface area contributed by atoms with Crippen LogP contribution in [-0.2, 0) is 65.6 Å². The van der Waals surface area contributed by atoms with Crippen LogP contribution < -0.4 is 48.7 Å². The Labute approximate surface area is 382 Å². The van der Waals surface area contributed by atoms with Crippen LogP contribution in [0.4, 0.5) is 0 Å². The van der Waals surface area contributed by atoms with E-state index in [1.807, 2.05) is 5.32 Å². The van der Waals surface area contributed by atoms with Crippen molar-refractivity contribution in [1.29, 1.82) is 0 Å². The number of aliphatic hydroxyl groups is 2.